The van der Waals surface area contributed by atoms with Crippen LogP contribution in [0.25, 0.3) is 10.4 Å². The Morgan fingerprint density at radius 1 is 1.30 bits per heavy atom. The van der Waals surface area contributed by atoms with Crippen molar-refractivity contribution in [2.45, 2.75) is 25.5 Å². The number of benzene rings is 1. The highest BCUT2D eigenvalue weighted by Crippen LogP contribution is 2.35. The van der Waals surface area contributed by atoms with Crippen molar-refractivity contribution in [1.82, 2.24) is 14.8 Å². The third kappa shape index (κ3) is 5.17. The van der Waals surface area contributed by atoms with E-state index in [0.717, 1.165) is 16.3 Å². The number of nitrogens with zero attached hydrogens (tertiary/aromatic N) is 3. The number of hydrogen-bond donors (Lipinski definition) is 1. The average molecular weight is 443 g/mol. The van der Waals surface area contributed by atoms with Crippen LogP contribution in [0.3, 0.4) is 0 Å². The lowest BCUT2D eigenvalue weighted by atomic mass is 10.2. The fourth-order valence-electron chi connectivity index (χ4n) is 2.70. The minimum absolute atomic E-state index is 0.133. The van der Waals surface area contributed by atoms with Gasteiger partial charge in [0.05, 0.1) is 18.0 Å². The quantitative estimate of drug-likeness (QED) is 0.300. The van der Waals surface area contributed by atoms with Crippen molar-refractivity contribution in [3.8, 4) is 10.4 Å². The molecule has 0 atom stereocenters. The molecule has 0 spiro atoms. The van der Waals surface area contributed by atoms with E-state index < -0.39 is 5.97 Å². The maximum absolute atomic E-state index is 12.6. The van der Waals surface area contributed by atoms with Crippen molar-refractivity contribution in [3.63, 3.8) is 0 Å². The molecule has 0 saturated carbocycles. The summed E-state index contributed by atoms with van der Waals surface area (Å²) in [6.07, 6.45) is 1.75. The molecule has 1 N–H and O–H groups in total. The molecule has 9 heteroatoms. The smallest absolute Gasteiger partial charge is 0.350 e. The van der Waals surface area contributed by atoms with Crippen LogP contribution in [-0.2, 0) is 16.1 Å². The molecule has 0 unspecified atom stereocenters. The Balaban J connectivity index is 1.76. The Morgan fingerprint density at radius 3 is 2.77 bits per heavy atom. The van der Waals surface area contributed by atoms with Gasteiger partial charge < -0.3 is 14.6 Å². The summed E-state index contributed by atoms with van der Waals surface area (Å²) in [6.45, 7) is 8.16. The first-order chi connectivity index (χ1) is 14.5. The summed E-state index contributed by atoms with van der Waals surface area (Å²) in [5.41, 5.74) is 1.42. The Bertz CT molecular complexity index is 1040. The molecule has 0 bridgehead atoms. The first kappa shape index (κ1) is 21.8. The number of esters is 1. The van der Waals surface area contributed by atoms with Crippen LogP contribution >= 0.6 is 23.1 Å². The Morgan fingerprint density at radius 2 is 2.07 bits per heavy atom. The number of nitrogens with one attached hydrogen (secondary N) is 1. The van der Waals surface area contributed by atoms with Crippen molar-refractivity contribution < 1.29 is 14.3 Å². The maximum Gasteiger partial charge on any atom is 0.350 e. The molecule has 0 radical (unpaired) electrons. The fraction of sp³-hybridized carbons (Fsp3) is 0.238. The van der Waals surface area contributed by atoms with Gasteiger partial charge in [0, 0.05) is 11.4 Å². The Labute approximate surface area is 183 Å². The largest absolute Gasteiger partial charge is 0.462 e. The normalized spacial score (nSPS) is 10.6. The third-order valence-electron chi connectivity index (χ3n) is 4.07. The summed E-state index contributed by atoms with van der Waals surface area (Å²) >= 11 is 2.58. The second-order valence-electron chi connectivity index (χ2n) is 6.21. The molecule has 0 aliphatic carbocycles. The molecular weight excluding hydrogens is 420 g/mol. The van der Waals surface area contributed by atoms with Gasteiger partial charge in [-0.25, -0.2) is 4.79 Å². The van der Waals surface area contributed by atoms with Crippen LogP contribution in [0, 0.1) is 6.92 Å². The van der Waals surface area contributed by atoms with E-state index in [9.17, 15) is 9.59 Å². The number of thiophene rings is 1. The van der Waals surface area contributed by atoms with E-state index in [4.69, 9.17) is 4.74 Å². The SMILES string of the molecule is C=CCn1c(C)nnc1SCC(=O)Nc1cc(-c2ccccc2)sc1C(=O)OCC. The molecule has 7 nitrogen and oxygen atoms in total. The van der Waals surface area contributed by atoms with E-state index >= 15 is 0 Å². The van der Waals surface area contributed by atoms with Gasteiger partial charge in [-0.2, -0.15) is 0 Å². The van der Waals surface area contributed by atoms with Crippen LogP contribution in [0.2, 0.25) is 0 Å². The van der Waals surface area contributed by atoms with Gasteiger partial charge in [0.25, 0.3) is 0 Å². The van der Waals surface area contributed by atoms with E-state index in [1.54, 1.807) is 19.1 Å². The Kier molecular flexibility index (Phi) is 7.42. The van der Waals surface area contributed by atoms with E-state index in [1.807, 2.05) is 41.8 Å². The first-order valence-corrected chi connectivity index (χ1v) is 11.1. The fourth-order valence-corrected chi connectivity index (χ4v) is 4.51. The minimum Gasteiger partial charge on any atom is -0.462 e. The van der Waals surface area contributed by atoms with Gasteiger partial charge in [0.1, 0.15) is 10.7 Å². The molecule has 0 aliphatic rings. The number of thioether (sulfide) groups is 1. The van der Waals surface area contributed by atoms with Gasteiger partial charge >= 0.3 is 5.97 Å². The number of amides is 1. The highest BCUT2D eigenvalue weighted by Gasteiger charge is 2.20. The molecule has 156 valence electrons. The maximum atomic E-state index is 12.6. The van der Waals surface area contributed by atoms with Gasteiger partial charge in [-0.15, -0.1) is 28.1 Å². The number of carbonyl (C=O) groups is 2. The first-order valence-electron chi connectivity index (χ1n) is 9.33. The molecule has 30 heavy (non-hydrogen) atoms. The number of allylic oxidation sites excluding steroid dienone is 1. The Hall–Kier alpha value is -2.91. The highest BCUT2D eigenvalue weighted by atomic mass is 32.2. The number of anilines is 1. The highest BCUT2D eigenvalue weighted by molar-refractivity contribution is 7.99. The molecule has 1 amide bonds. The van der Waals surface area contributed by atoms with E-state index in [-0.39, 0.29) is 18.3 Å². The van der Waals surface area contributed by atoms with E-state index in [1.165, 1.54) is 23.1 Å². The zero-order valence-electron chi connectivity index (χ0n) is 16.8. The van der Waals surface area contributed by atoms with Gasteiger partial charge in [0.15, 0.2) is 5.16 Å². The lowest BCUT2D eigenvalue weighted by molar-refractivity contribution is -0.113. The lowest BCUT2D eigenvalue weighted by Gasteiger charge is -2.07. The van der Waals surface area contributed by atoms with Crippen molar-refractivity contribution in [2.24, 2.45) is 0 Å². The molecule has 0 saturated heterocycles. The number of hydrogen-bond acceptors (Lipinski definition) is 7. The lowest BCUT2D eigenvalue weighted by Crippen LogP contribution is -2.16. The molecule has 2 aromatic heterocycles. The van der Waals surface area contributed by atoms with Crippen LogP contribution in [-0.4, -0.2) is 39.0 Å². The summed E-state index contributed by atoms with van der Waals surface area (Å²) in [5.74, 6) is 0.198. The van der Waals surface area contributed by atoms with Crippen molar-refractivity contribution in [3.05, 3.63) is 59.8 Å². The van der Waals surface area contributed by atoms with Gasteiger partial charge in [-0.05, 0) is 25.5 Å². The van der Waals surface area contributed by atoms with E-state index in [2.05, 4.69) is 22.1 Å². The summed E-state index contributed by atoms with van der Waals surface area (Å²) in [7, 11) is 0. The van der Waals surface area contributed by atoms with E-state index in [0.29, 0.717) is 22.3 Å². The van der Waals surface area contributed by atoms with Crippen LogP contribution in [0.15, 0.2) is 54.2 Å². The molecular formula is C21H22N4O3S2. The summed E-state index contributed by atoms with van der Waals surface area (Å²) < 4.78 is 7.04. The zero-order valence-corrected chi connectivity index (χ0v) is 18.4. The summed E-state index contributed by atoms with van der Waals surface area (Å²) in [6, 6.07) is 11.5. The van der Waals surface area contributed by atoms with Crippen molar-refractivity contribution in [1.29, 1.82) is 0 Å². The minimum atomic E-state index is -0.450. The number of rotatable bonds is 9. The van der Waals surface area contributed by atoms with Crippen molar-refractivity contribution in [2.75, 3.05) is 17.7 Å². The third-order valence-corrected chi connectivity index (χ3v) is 6.20. The predicted molar refractivity (Wildman–Crippen MR) is 120 cm³/mol. The van der Waals surface area contributed by atoms with Crippen LogP contribution < -0.4 is 5.32 Å². The average Bonchev–Trinajstić information content (AvgIpc) is 3.32. The standard InChI is InChI=1S/C21H22N4O3S2/c1-4-11-25-14(3)23-24-21(25)29-13-18(26)22-16-12-17(15-9-7-6-8-10-15)30-19(16)20(27)28-5-2/h4,6-10,12H,1,5,11,13H2,2-3H3,(H,22,26). The molecule has 0 fully saturated rings. The molecule has 3 rings (SSSR count). The van der Waals surface area contributed by atoms with Gasteiger partial charge in [-0.3, -0.25) is 4.79 Å². The van der Waals surface area contributed by atoms with Crippen LogP contribution in [0.5, 0.6) is 0 Å². The molecule has 3 aromatic rings. The van der Waals surface area contributed by atoms with Crippen LogP contribution in [0.4, 0.5) is 5.69 Å². The second kappa shape index (κ2) is 10.2. The summed E-state index contributed by atoms with van der Waals surface area (Å²) in [5, 5.41) is 11.6. The number of aromatic nitrogens is 3. The predicted octanol–water partition coefficient (Wildman–Crippen LogP) is 4.41. The number of ether oxygens (including phenoxy) is 1. The molecule has 0 aliphatic heterocycles. The molecule has 1 aromatic carbocycles. The topological polar surface area (TPSA) is 86.1 Å². The summed E-state index contributed by atoms with van der Waals surface area (Å²) in [4.78, 5) is 26.2. The molecule has 2 heterocycles. The monoisotopic (exact) mass is 442 g/mol. The second-order valence-corrected chi connectivity index (χ2v) is 8.20. The number of carbonyl (C=O) groups excluding carboxylic acids is 2. The van der Waals surface area contributed by atoms with Gasteiger partial charge in [0.2, 0.25) is 5.91 Å². The van der Waals surface area contributed by atoms with Gasteiger partial charge in [-0.1, -0.05) is 48.2 Å². The van der Waals surface area contributed by atoms with Crippen LogP contribution in [0.1, 0.15) is 22.4 Å². The zero-order chi connectivity index (χ0) is 21.5. The number of aryl methyl sites for hydroxylation is 1. The van der Waals surface area contributed by atoms with Crippen molar-refractivity contribution >= 4 is 40.7 Å².